The lowest BCUT2D eigenvalue weighted by molar-refractivity contribution is -0.384. The molecule has 192 valence electrons. The molecule has 0 spiro atoms. The van der Waals surface area contributed by atoms with Crippen LogP contribution in [0.15, 0.2) is 85.1 Å². The van der Waals surface area contributed by atoms with Crippen LogP contribution in [-0.2, 0) is 9.53 Å². The maximum absolute atomic E-state index is 12.6. The molecule has 0 aliphatic heterocycles. The van der Waals surface area contributed by atoms with E-state index in [1.54, 1.807) is 35.1 Å². The fourth-order valence-corrected chi connectivity index (χ4v) is 3.66. The standard InChI is InChI=1S/C28H23N3O7/c1-36-23-12-13-24(26(16-23)37-2)25(32)18-38-27(33)14-11-20-17-30(21-8-4-3-5-9-21)29-28(20)19-7-6-10-22(15-19)31(34)35/h3-17H,18H2,1-2H3. The number of ether oxygens (including phenoxy) is 3. The molecular weight excluding hydrogens is 490 g/mol. The Hall–Kier alpha value is -5.25. The first-order chi connectivity index (χ1) is 18.4. The molecule has 0 radical (unpaired) electrons. The number of nitro groups is 1. The summed E-state index contributed by atoms with van der Waals surface area (Å²) in [5, 5.41) is 15.9. The Bertz CT molecular complexity index is 1510. The molecule has 1 aromatic heterocycles. The van der Waals surface area contributed by atoms with Gasteiger partial charge in [-0.2, -0.15) is 5.10 Å². The third-order valence-electron chi connectivity index (χ3n) is 5.55. The average Bonchev–Trinajstić information content (AvgIpc) is 3.39. The number of nitrogens with zero attached hydrogens (tertiary/aromatic N) is 3. The summed E-state index contributed by atoms with van der Waals surface area (Å²) in [6, 6.07) is 20.0. The summed E-state index contributed by atoms with van der Waals surface area (Å²) in [6.07, 6.45) is 4.35. The Morgan fingerprint density at radius 3 is 2.50 bits per heavy atom. The van der Waals surface area contributed by atoms with Crippen LogP contribution in [-0.4, -0.2) is 47.3 Å². The SMILES string of the molecule is COc1ccc(C(=O)COC(=O)C=Cc2cn(-c3ccccc3)nc2-c2cccc([N+](=O)[O-])c2)c(OC)c1. The number of carbonyl (C=O) groups excluding carboxylic acids is 2. The van der Waals surface area contributed by atoms with E-state index in [0.717, 1.165) is 5.69 Å². The second kappa shape index (κ2) is 11.7. The summed E-state index contributed by atoms with van der Waals surface area (Å²) in [5.41, 5.74) is 2.39. The lowest BCUT2D eigenvalue weighted by Crippen LogP contribution is -2.13. The van der Waals surface area contributed by atoms with Gasteiger partial charge >= 0.3 is 5.97 Å². The highest BCUT2D eigenvalue weighted by Crippen LogP contribution is 2.28. The van der Waals surface area contributed by atoms with Crippen molar-refractivity contribution in [3.8, 4) is 28.4 Å². The van der Waals surface area contributed by atoms with Crippen molar-refractivity contribution >= 4 is 23.5 Å². The molecule has 0 atom stereocenters. The highest BCUT2D eigenvalue weighted by atomic mass is 16.6. The molecule has 38 heavy (non-hydrogen) atoms. The number of para-hydroxylation sites is 1. The van der Waals surface area contributed by atoms with Gasteiger partial charge in [0.05, 0.1) is 30.4 Å². The average molecular weight is 514 g/mol. The summed E-state index contributed by atoms with van der Waals surface area (Å²) in [7, 11) is 2.92. The third kappa shape index (κ3) is 5.93. The van der Waals surface area contributed by atoms with Crippen LogP contribution in [0.4, 0.5) is 5.69 Å². The fraction of sp³-hybridized carbons (Fsp3) is 0.107. The van der Waals surface area contributed by atoms with Crippen molar-refractivity contribution in [1.29, 1.82) is 0 Å². The first-order valence-electron chi connectivity index (χ1n) is 11.4. The van der Waals surface area contributed by atoms with Gasteiger partial charge in [0.2, 0.25) is 5.78 Å². The number of hydrogen-bond acceptors (Lipinski definition) is 8. The molecule has 3 aromatic carbocycles. The lowest BCUT2D eigenvalue weighted by atomic mass is 10.1. The Labute approximate surface area is 217 Å². The fourth-order valence-electron chi connectivity index (χ4n) is 3.66. The van der Waals surface area contributed by atoms with Crippen molar-refractivity contribution in [3.63, 3.8) is 0 Å². The lowest BCUT2D eigenvalue weighted by Gasteiger charge is -2.09. The highest BCUT2D eigenvalue weighted by Gasteiger charge is 2.17. The third-order valence-corrected chi connectivity index (χ3v) is 5.55. The van der Waals surface area contributed by atoms with Crippen LogP contribution in [0.2, 0.25) is 0 Å². The summed E-state index contributed by atoms with van der Waals surface area (Å²) >= 11 is 0. The van der Waals surface area contributed by atoms with Gasteiger partial charge in [0.1, 0.15) is 17.2 Å². The molecule has 0 fully saturated rings. The van der Waals surface area contributed by atoms with Gasteiger partial charge in [-0.1, -0.05) is 30.3 Å². The van der Waals surface area contributed by atoms with Gasteiger partial charge in [-0.25, -0.2) is 9.48 Å². The summed E-state index contributed by atoms with van der Waals surface area (Å²) in [5.74, 6) is -0.367. The number of non-ortho nitro benzene ring substituents is 1. The van der Waals surface area contributed by atoms with Crippen LogP contribution in [0.1, 0.15) is 15.9 Å². The van der Waals surface area contributed by atoms with Crippen LogP contribution < -0.4 is 9.47 Å². The van der Waals surface area contributed by atoms with Crippen molar-refractivity contribution in [3.05, 3.63) is 106 Å². The Morgan fingerprint density at radius 1 is 1.00 bits per heavy atom. The molecule has 0 amide bonds. The molecule has 10 nitrogen and oxygen atoms in total. The van der Waals surface area contributed by atoms with E-state index in [1.165, 1.54) is 44.6 Å². The van der Waals surface area contributed by atoms with Crippen LogP contribution >= 0.6 is 0 Å². The number of rotatable bonds is 10. The van der Waals surface area contributed by atoms with Crippen LogP contribution in [0.25, 0.3) is 23.0 Å². The van der Waals surface area contributed by atoms with Gasteiger partial charge in [0.15, 0.2) is 6.61 Å². The maximum atomic E-state index is 12.6. The number of hydrogen-bond donors (Lipinski definition) is 0. The van der Waals surface area contributed by atoms with Crippen molar-refractivity contribution in [2.24, 2.45) is 0 Å². The molecule has 0 N–H and O–H groups in total. The topological polar surface area (TPSA) is 123 Å². The zero-order chi connectivity index (χ0) is 27.1. The molecule has 0 aliphatic carbocycles. The van der Waals surface area contributed by atoms with E-state index in [2.05, 4.69) is 5.10 Å². The smallest absolute Gasteiger partial charge is 0.331 e. The molecule has 0 aliphatic rings. The van der Waals surface area contributed by atoms with Gasteiger partial charge in [-0.3, -0.25) is 14.9 Å². The minimum Gasteiger partial charge on any atom is -0.497 e. The van der Waals surface area contributed by atoms with E-state index in [0.29, 0.717) is 28.3 Å². The van der Waals surface area contributed by atoms with Gasteiger partial charge in [0.25, 0.3) is 5.69 Å². The monoisotopic (exact) mass is 513 g/mol. The predicted octanol–water partition coefficient (Wildman–Crippen LogP) is 4.90. The number of ketones is 1. The molecule has 4 aromatic rings. The van der Waals surface area contributed by atoms with Crippen molar-refractivity contribution < 1.29 is 28.7 Å². The number of carbonyl (C=O) groups is 2. The Balaban J connectivity index is 1.55. The normalized spacial score (nSPS) is 10.8. The summed E-state index contributed by atoms with van der Waals surface area (Å²) < 4.78 is 17.1. The molecular formula is C28H23N3O7. The quantitative estimate of drug-likeness (QED) is 0.0964. The maximum Gasteiger partial charge on any atom is 0.331 e. The number of benzene rings is 3. The molecule has 0 bridgehead atoms. The zero-order valence-electron chi connectivity index (χ0n) is 20.6. The second-order valence-electron chi connectivity index (χ2n) is 7.95. The first kappa shape index (κ1) is 25.8. The van der Waals surface area contributed by atoms with Gasteiger partial charge < -0.3 is 14.2 Å². The van der Waals surface area contributed by atoms with Crippen LogP contribution in [0, 0.1) is 10.1 Å². The van der Waals surface area contributed by atoms with E-state index in [9.17, 15) is 19.7 Å². The summed E-state index contributed by atoms with van der Waals surface area (Å²) in [6.45, 7) is -0.493. The molecule has 4 rings (SSSR count). The number of Topliss-reactive ketones (excluding diaryl/α,β-unsaturated/α-hetero) is 1. The number of esters is 1. The molecule has 0 saturated heterocycles. The van der Waals surface area contributed by atoms with Crippen molar-refractivity contribution in [2.45, 2.75) is 0 Å². The number of methoxy groups -OCH3 is 2. The van der Waals surface area contributed by atoms with Gasteiger partial charge in [0, 0.05) is 41.6 Å². The van der Waals surface area contributed by atoms with Crippen LogP contribution in [0.3, 0.4) is 0 Å². The Kier molecular flexibility index (Phi) is 7.92. The minimum absolute atomic E-state index is 0.0847. The van der Waals surface area contributed by atoms with Crippen LogP contribution in [0.5, 0.6) is 11.5 Å². The van der Waals surface area contributed by atoms with E-state index in [4.69, 9.17) is 14.2 Å². The number of nitro benzene ring substituents is 1. The van der Waals surface area contributed by atoms with Gasteiger partial charge in [-0.05, 0) is 30.3 Å². The molecule has 0 saturated carbocycles. The second-order valence-corrected chi connectivity index (χ2v) is 7.95. The number of aromatic nitrogens is 2. The van der Waals surface area contributed by atoms with E-state index < -0.39 is 23.3 Å². The van der Waals surface area contributed by atoms with Crippen molar-refractivity contribution in [2.75, 3.05) is 20.8 Å². The van der Waals surface area contributed by atoms with Crippen molar-refractivity contribution in [1.82, 2.24) is 9.78 Å². The van der Waals surface area contributed by atoms with E-state index in [1.807, 2.05) is 30.3 Å². The highest BCUT2D eigenvalue weighted by molar-refractivity contribution is 6.01. The van der Waals surface area contributed by atoms with E-state index in [-0.39, 0.29) is 11.3 Å². The molecule has 1 heterocycles. The van der Waals surface area contributed by atoms with E-state index >= 15 is 0 Å². The molecule has 10 heteroatoms. The largest absolute Gasteiger partial charge is 0.497 e. The predicted molar refractivity (Wildman–Crippen MR) is 140 cm³/mol. The molecule has 0 unspecified atom stereocenters. The zero-order valence-corrected chi connectivity index (χ0v) is 20.6. The Morgan fingerprint density at radius 2 is 1.79 bits per heavy atom. The summed E-state index contributed by atoms with van der Waals surface area (Å²) in [4.78, 5) is 35.8. The minimum atomic E-state index is -0.747. The van der Waals surface area contributed by atoms with Gasteiger partial charge in [-0.15, -0.1) is 0 Å². The first-order valence-corrected chi connectivity index (χ1v) is 11.4.